The van der Waals surface area contributed by atoms with E-state index in [0.717, 1.165) is 5.69 Å². The van der Waals surface area contributed by atoms with Crippen LogP contribution < -0.4 is 14.8 Å². The molecule has 1 aromatic heterocycles. The van der Waals surface area contributed by atoms with Gasteiger partial charge in [-0.1, -0.05) is 0 Å². The molecule has 1 fully saturated rings. The maximum Gasteiger partial charge on any atom is 0.257 e. The lowest BCUT2D eigenvalue weighted by Gasteiger charge is -2.18. The Labute approximate surface area is 125 Å². The Morgan fingerprint density at radius 1 is 1.24 bits per heavy atom. The van der Waals surface area contributed by atoms with Gasteiger partial charge >= 0.3 is 0 Å². The Morgan fingerprint density at radius 3 is 2.86 bits per heavy atom. The average molecular weight is 302 g/mol. The van der Waals surface area contributed by atoms with E-state index in [1.165, 1.54) is 24.2 Å². The molecule has 1 N–H and O–H groups in total. The van der Waals surface area contributed by atoms with E-state index in [1.54, 1.807) is 18.2 Å². The molecule has 0 saturated heterocycles. The molecule has 2 heterocycles. The smallest absolute Gasteiger partial charge is 0.257 e. The van der Waals surface area contributed by atoms with Crippen molar-refractivity contribution in [3.63, 3.8) is 0 Å². The second kappa shape index (κ2) is 5.04. The molecule has 1 aromatic carbocycles. The van der Waals surface area contributed by atoms with E-state index in [0.29, 0.717) is 41.3 Å². The van der Waals surface area contributed by atoms with Crippen LogP contribution in [0.1, 0.15) is 34.8 Å². The van der Waals surface area contributed by atoms with Crippen molar-refractivity contribution in [2.24, 2.45) is 0 Å². The lowest BCUT2D eigenvalue weighted by molar-refractivity contribution is 0.102. The number of amides is 1. The summed E-state index contributed by atoms with van der Waals surface area (Å²) in [5.41, 5.74) is 1.64. The quantitative estimate of drug-likeness (QED) is 0.946. The van der Waals surface area contributed by atoms with Crippen molar-refractivity contribution in [2.75, 3.05) is 18.5 Å². The molecule has 1 aliphatic carbocycles. The number of thiazole rings is 1. The fourth-order valence-corrected chi connectivity index (χ4v) is 3.05. The van der Waals surface area contributed by atoms with E-state index in [9.17, 15) is 4.79 Å². The van der Waals surface area contributed by atoms with E-state index >= 15 is 0 Å². The topological polar surface area (TPSA) is 60.5 Å². The third-order valence-electron chi connectivity index (χ3n) is 3.54. The van der Waals surface area contributed by atoms with Gasteiger partial charge in [-0.15, -0.1) is 11.3 Å². The van der Waals surface area contributed by atoms with Gasteiger partial charge in [0.25, 0.3) is 5.91 Å². The highest BCUT2D eigenvalue weighted by atomic mass is 32.1. The Kier molecular flexibility index (Phi) is 3.03. The number of anilines is 1. The molecular formula is C15H14N2O3S. The summed E-state index contributed by atoms with van der Waals surface area (Å²) >= 11 is 1.47. The number of carbonyl (C=O) groups excluding carboxylic acids is 1. The number of hydrogen-bond donors (Lipinski definition) is 1. The summed E-state index contributed by atoms with van der Waals surface area (Å²) < 4.78 is 10.9. The van der Waals surface area contributed by atoms with E-state index in [2.05, 4.69) is 10.3 Å². The van der Waals surface area contributed by atoms with E-state index in [-0.39, 0.29) is 5.91 Å². The van der Waals surface area contributed by atoms with Crippen LogP contribution in [0.4, 0.5) is 5.13 Å². The van der Waals surface area contributed by atoms with Gasteiger partial charge in [-0.05, 0) is 31.0 Å². The molecule has 21 heavy (non-hydrogen) atoms. The molecule has 5 nitrogen and oxygen atoms in total. The Bertz CT molecular complexity index is 694. The number of fused-ring (bicyclic) bond motifs is 1. The zero-order valence-corrected chi connectivity index (χ0v) is 12.1. The molecule has 2 aromatic rings. The van der Waals surface area contributed by atoms with Crippen LogP contribution in [0.3, 0.4) is 0 Å². The highest BCUT2D eigenvalue weighted by molar-refractivity contribution is 7.14. The van der Waals surface area contributed by atoms with Gasteiger partial charge in [0.05, 0.1) is 5.69 Å². The molecule has 4 rings (SSSR count). The number of hydrogen-bond acceptors (Lipinski definition) is 5. The normalized spacial score (nSPS) is 16.6. The first-order chi connectivity index (χ1) is 10.3. The van der Waals surface area contributed by atoms with Crippen LogP contribution in [0, 0.1) is 0 Å². The fourth-order valence-electron chi connectivity index (χ4n) is 2.26. The SMILES string of the molecule is O=C(Nc1nc(C2CC2)cs1)c1ccc2c(c1)OCCO2. The number of rotatable bonds is 3. The van der Waals surface area contributed by atoms with Gasteiger partial charge in [-0.3, -0.25) is 10.1 Å². The summed E-state index contributed by atoms with van der Waals surface area (Å²) in [6, 6.07) is 5.21. The number of ether oxygens (including phenoxy) is 2. The highest BCUT2D eigenvalue weighted by Gasteiger charge is 2.26. The summed E-state index contributed by atoms with van der Waals surface area (Å²) in [4.78, 5) is 16.7. The molecule has 6 heteroatoms. The van der Waals surface area contributed by atoms with Crippen molar-refractivity contribution in [2.45, 2.75) is 18.8 Å². The number of aromatic nitrogens is 1. The summed E-state index contributed by atoms with van der Waals surface area (Å²) in [6.07, 6.45) is 2.42. The number of nitrogens with one attached hydrogen (secondary N) is 1. The zero-order chi connectivity index (χ0) is 14.2. The minimum Gasteiger partial charge on any atom is -0.486 e. The fraction of sp³-hybridized carbons (Fsp3) is 0.333. The van der Waals surface area contributed by atoms with Crippen LogP contribution >= 0.6 is 11.3 Å². The van der Waals surface area contributed by atoms with Crippen LogP contribution in [0.15, 0.2) is 23.6 Å². The Hall–Kier alpha value is -2.08. The van der Waals surface area contributed by atoms with Crippen LogP contribution in [-0.4, -0.2) is 24.1 Å². The Balaban J connectivity index is 1.50. The van der Waals surface area contributed by atoms with Gasteiger partial charge in [0.2, 0.25) is 0 Å². The minimum absolute atomic E-state index is 0.177. The summed E-state index contributed by atoms with van der Waals surface area (Å²) in [7, 11) is 0. The van der Waals surface area contributed by atoms with Crippen molar-refractivity contribution in [3.8, 4) is 11.5 Å². The van der Waals surface area contributed by atoms with Gasteiger partial charge in [-0.25, -0.2) is 4.98 Å². The van der Waals surface area contributed by atoms with Gasteiger partial charge in [0.1, 0.15) is 13.2 Å². The van der Waals surface area contributed by atoms with Crippen molar-refractivity contribution in [1.82, 2.24) is 4.98 Å². The number of carbonyl (C=O) groups is 1. The molecule has 0 spiro atoms. The van der Waals surface area contributed by atoms with Gasteiger partial charge < -0.3 is 9.47 Å². The largest absolute Gasteiger partial charge is 0.486 e. The first kappa shape index (κ1) is 12.6. The third kappa shape index (κ3) is 2.58. The molecule has 0 bridgehead atoms. The second-order valence-corrected chi connectivity index (χ2v) is 6.02. The first-order valence-corrected chi connectivity index (χ1v) is 7.84. The molecular weight excluding hydrogens is 288 g/mol. The van der Waals surface area contributed by atoms with Crippen molar-refractivity contribution >= 4 is 22.4 Å². The van der Waals surface area contributed by atoms with Crippen LogP contribution in [0.2, 0.25) is 0 Å². The Morgan fingerprint density at radius 2 is 2.05 bits per heavy atom. The van der Waals surface area contributed by atoms with Crippen molar-refractivity contribution < 1.29 is 14.3 Å². The third-order valence-corrected chi connectivity index (χ3v) is 4.32. The molecule has 1 saturated carbocycles. The second-order valence-electron chi connectivity index (χ2n) is 5.16. The van der Waals surface area contributed by atoms with Gasteiger partial charge in [-0.2, -0.15) is 0 Å². The molecule has 0 atom stereocenters. The zero-order valence-electron chi connectivity index (χ0n) is 11.3. The van der Waals surface area contributed by atoms with Gasteiger partial charge in [0.15, 0.2) is 16.6 Å². The molecule has 1 aliphatic heterocycles. The minimum atomic E-state index is -0.177. The molecule has 0 unspecified atom stereocenters. The summed E-state index contributed by atoms with van der Waals surface area (Å²) in [5, 5.41) is 5.51. The van der Waals surface area contributed by atoms with Crippen LogP contribution in [-0.2, 0) is 0 Å². The average Bonchev–Trinajstić information content (AvgIpc) is 3.27. The highest BCUT2D eigenvalue weighted by Crippen LogP contribution is 2.41. The lowest BCUT2D eigenvalue weighted by Crippen LogP contribution is -2.17. The van der Waals surface area contributed by atoms with Gasteiger partial charge in [0, 0.05) is 16.9 Å². The predicted molar refractivity (Wildman–Crippen MR) is 79.5 cm³/mol. The predicted octanol–water partition coefficient (Wildman–Crippen LogP) is 3.04. The molecule has 2 aliphatic rings. The van der Waals surface area contributed by atoms with Crippen molar-refractivity contribution in [3.05, 3.63) is 34.8 Å². The number of benzene rings is 1. The maximum atomic E-state index is 12.3. The lowest BCUT2D eigenvalue weighted by atomic mass is 10.2. The van der Waals surface area contributed by atoms with Crippen molar-refractivity contribution in [1.29, 1.82) is 0 Å². The van der Waals surface area contributed by atoms with E-state index in [1.807, 2.05) is 5.38 Å². The molecule has 1 amide bonds. The van der Waals surface area contributed by atoms with E-state index < -0.39 is 0 Å². The standard InChI is InChI=1S/C15H14N2O3S/c18-14(17-15-16-11(8-21-15)9-1-2-9)10-3-4-12-13(7-10)20-6-5-19-12/h3-4,7-9H,1-2,5-6H2,(H,16,17,18). The molecule has 108 valence electrons. The summed E-state index contributed by atoms with van der Waals surface area (Å²) in [6.45, 7) is 1.05. The first-order valence-electron chi connectivity index (χ1n) is 6.96. The summed E-state index contributed by atoms with van der Waals surface area (Å²) in [5.74, 6) is 1.72. The van der Waals surface area contributed by atoms with Crippen LogP contribution in [0.5, 0.6) is 11.5 Å². The maximum absolute atomic E-state index is 12.3. The number of nitrogens with zero attached hydrogens (tertiary/aromatic N) is 1. The monoisotopic (exact) mass is 302 g/mol. The molecule has 0 radical (unpaired) electrons. The van der Waals surface area contributed by atoms with E-state index in [4.69, 9.17) is 9.47 Å². The van der Waals surface area contributed by atoms with Crippen LogP contribution in [0.25, 0.3) is 0 Å².